The smallest absolute Gasteiger partial charge is 0.434 e. The van der Waals surface area contributed by atoms with E-state index in [0.717, 1.165) is 70.6 Å². The summed E-state index contributed by atoms with van der Waals surface area (Å²) in [5, 5.41) is 14.2. The van der Waals surface area contributed by atoms with Crippen molar-refractivity contribution in [1.82, 2.24) is 25.1 Å². The average Bonchev–Trinajstić information content (AvgIpc) is 3.87. The lowest BCUT2D eigenvalue weighted by atomic mass is 9.88. The number of hydrogen-bond donors (Lipinski definition) is 3. The number of nitrogens with one attached hydrogen (secondary N) is 2. The zero-order valence-corrected chi connectivity index (χ0v) is 28.5. The lowest BCUT2D eigenvalue weighted by Crippen LogP contribution is -2.45. The number of fused-ring (bicyclic) bond motifs is 3. The molecule has 1 atom stereocenters. The van der Waals surface area contributed by atoms with E-state index >= 15 is 0 Å². The minimum Gasteiger partial charge on any atom is -0.463 e. The van der Waals surface area contributed by atoms with Gasteiger partial charge in [-0.3, -0.25) is 9.78 Å². The van der Waals surface area contributed by atoms with Gasteiger partial charge < -0.3 is 25.2 Å². The van der Waals surface area contributed by atoms with Crippen LogP contribution >= 0.6 is 11.3 Å². The number of rotatable bonds is 7. The van der Waals surface area contributed by atoms with Gasteiger partial charge in [-0.2, -0.15) is 0 Å². The van der Waals surface area contributed by atoms with E-state index in [2.05, 4.69) is 77.1 Å². The molecule has 1 unspecified atom stereocenters. The first-order valence-corrected chi connectivity index (χ1v) is 17.7. The molecule has 0 saturated carbocycles. The molecule has 6 heterocycles. The second kappa shape index (κ2) is 12.4. The Hall–Kier alpha value is -4.18. The van der Waals surface area contributed by atoms with E-state index in [1.54, 1.807) is 23.7 Å². The first-order valence-electron chi connectivity index (χ1n) is 16.8. The number of aromatic amines is 1. The summed E-state index contributed by atoms with van der Waals surface area (Å²) in [6, 6.07) is 13.7. The standard InChI is InChI=1S/C37H44N6O3S/c1-22-17-23(2)19-26(18-22)32-29(11-15-39-35(41-36(45)46)42-16-12-25(21-42)24-9-13-38-14-10-24)30-20-31(47-33(30)40-32)37(3,4)34(44)43-27-5-6-28(43)8-7-27/h9-10,13-14,17-20,25,27-28,40H,5-8,11-12,15-16,21H2,1-4H3,(H,39,41)(H,45,46). The molecular weight excluding hydrogens is 609 g/mol. The van der Waals surface area contributed by atoms with E-state index in [1.165, 1.54) is 16.7 Å². The summed E-state index contributed by atoms with van der Waals surface area (Å²) in [6.07, 6.45) is 8.49. The number of aromatic nitrogens is 2. The molecule has 7 rings (SSSR count). The van der Waals surface area contributed by atoms with Gasteiger partial charge in [0.05, 0.1) is 11.1 Å². The van der Waals surface area contributed by atoms with Gasteiger partial charge in [0.2, 0.25) is 11.9 Å². The molecule has 246 valence electrons. The van der Waals surface area contributed by atoms with Crippen molar-refractivity contribution in [3.05, 3.63) is 75.9 Å². The third kappa shape index (κ3) is 6.04. The molecule has 0 aliphatic carbocycles. The van der Waals surface area contributed by atoms with Crippen molar-refractivity contribution in [3.63, 3.8) is 0 Å². The molecule has 9 nitrogen and oxygen atoms in total. The molecule has 3 aromatic heterocycles. The molecule has 0 radical (unpaired) electrons. The Kier molecular flexibility index (Phi) is 8.32. The number of aryl methyl sites for hydroxylation is 2. The third-order valence-corrected chi connectivity index (χ3v) is 11.8. The quantitative estimate of drug-likeness (QED) is 0.146. The zero-order valence-electron chi connectivity index (χ0n) is 27.7. The van der Waals surface area contributed by atoms with E-state index in [9.17, 15) is 14.7 Å². The number of benzene rings is 1. The van der Waals surface area contributed by atoms with Crippen LogP contribution in [0.4, 0.5) is 4.79 Å². The minimum absolute atomic E-state index is 0.245. The molecule has 10 heteroatoms. The largest absolute Gasteiger partial charge is 0.463 e. The van der Waals surface area contributed by atoms with Gasteiger partial charge in [-0.05, 0) is 113 Å². The molecule has 3 saturated heterocycles. The minimum atomic E-state index is -1.21. The molecule has 3 aliphatic heterocycles. The van der Waals surface area contributed by atoms with Gasteiger partial charge in [0.25, 0.3) is 0 Å². The Morgan fingerprint density at radius 2 is 1.72 bits per heavy atom. The fraction of sp³-hybridized carbons (Fsp3) is 0.459. The normalized spacial score (nSPS) is 21.3. The highest BCUT2D eigenvalue weighted by molar-refractivity contribution is 7.19. The summed E-state index contributed by atoms with van der Waals surface area (Å²) in [4.78, 5) is 44.0. The molecule has 1 aromatic carbocycles. The van der Waals surface area contributed by atoms with Gasteiger partial charge in [0.15, 0.2) is 0 Å². The number of thiophene rings is 1. The van der Waals surface area contributed by atoms with Crippen LogP contribution in [0.3, 0.4) is 0 Å². The molecule has 2 amide bonds. The van der Waals surface area contributed by atoms with Crippen molar-refractivity contribution in [2.45, 2.75) is 89.6 Å². The van der Waals surface area contributed by atoms with E-state index in [-0.39, 0.29) is 5.91 Å². The monoisotopic (exact) mass is 652 g/mol. The maximum atomic E-state index is 14.0. The fourth-order valence-corrected chi connectivity index (χ4v) is 9.29. The van der Waals surface area contributed by atoms with Gasteiger partial charge >= 0.3 is 6.09 Å². The van der Waals surface area contributed by atoms with Crippen LogP contribution in [-0.2, 0) is 16.6 Å². The van der Waals surface area contributed by atoms with Crippen molar-refractivity contribution in [3.8, 4) is 11.3 Å². The number of carboxylic acid groups (broad SMARTS) is 1. The molecule has 3 fully saturated rings. The highest BCUT2D eigenvalue weighted by Gasteiger charge is 2.47. The van der Waals surface area contributed by atoms with E-state index < -0.39 is 11.5 Å². The number of guanidine groups is 1. The second-order valence-electron chi connectivity index (χ2n) is 14.1. The van der Waals surface area contributed by atoms with Crippen molar-refractivity contribution in [1.29, 1.82) is 0 Å². The van der Waals surface area contributed by atoms with Crippen LogP contribution in [0.1, 0.15) is 79.0 Å². The number of likely N-dealkylation sites (tertiary alicyclic amines) is 1. The maximum Gasteiger partial charge on any atom is 0.434 e. The highest BCUT2D eigenvalue weighted by Crippen LogP contribution is 2.44. The van der Waals surface area contributed by atoms with Crippen LogP contribution in [0.25, 0.3) is 21.5 Å². The van der Waals surface area contributed by atoms with Gasteiger partial charge in [-0.15, -0.1) is 16.3 Å². The molecule has 0 spiro atoms. The van der Waals surface area contributed by atoms with Gasteiger partial charge in [-0.1, -0.05) is 17.2 Å². The highest BCUT2D eigenvalue weighted by atomic mass is 32.1. The lowest BCUT2D eigenvalue weighted by molar-refractivity contribution is -0.137. The molecule has 3 N–H and O–H groups in total. The predicted octanol–water partition coefficient (Wildman–Crippen LogP) is 6.99. The number of carbonyl (C=O) groups is 2. The Morgan fingerprint density at radius 3 is 2.38 bits per heavy atom. The number of carbonyl (C=O) groups excluding carboxylic acids is 1. The summed E-state index contributed by atoms with van der Waals surface area (Å²) in [7, 11) is 0. The molecular formula is C37H44N6O3S. The van der Waals surface area contributed by atoms with E-state index in [0.29, 0.717) is 43.5 Å². The molecule has 47 heavy (non-hydrogen) atoms. The number of pyridine rings is 1. The van der Waals surface area contributed by atoms with Gasteiger partial charge in [0.1, 0.15) is 4.83 Å². The van der Waals surface area contributed by atoms with Crippen LogP contribution in [0.5, 0.6) is 0 Å². The fourth-order valence-electron chi connectivity index (χ4n) is 8.11. The van der Waals surface area contributed by atoms with Crippen LogP contribution in [0.2, 0.25) is 0 Å². The van der Waals surface area contributed by atoms with Crippen molar-refractivity contribution in [2.24, 2.45) is 4.99 Å². The predicted molar refractivity (Wildman–Crippen MR) is 187 cm³/mol. The first-order chi connectivity index (χ1) is 22.6. The SMILES string of the molecule is Cc1cc(C)cc(-c2[nH]c3sc(C(C)(C)C(=O)N4C5CCC4CC5)cc3c2CCN/C(=N\C(=O)O)N2CCC(c3ccncc3)C2)c1. The average molecular weight is 653 g/mol. The molecule has 2 bridgehead atoms. The summed E-state index contributed by atoms with van der Waals surface area (Å²) in [5.41, 5.74) is 6.35. The number of nitrogens with zero attached hydrogens (tertiary/aromatic N) is 4. The number of H-pyrrole nitrogens is 1. The van der Waals surface area contributed by atoms with Crippen molar-refractivity contribution < 1.29 is 14.7 Å². The summed E-state index contributed by atoms with van der Waals surface area (Å²) < 4.78 is 0. The lowest BCUT2D eigenvalue weighted by Gasteiger charge is -2.31. The second-order valence-corrected chi connectivity index (χ2v) is 15.2. The number of amides is 2. The van der Waals surface area contributed by atoms with Crippen LogP contribution in [-0.4, -0.2) is 74.6 Å². The Labute approximate surface area is 280 Å². The van der Waals surface area contributed by atoms with Crippen molar-refractivity contribution in [2.75, 3.05) is 19.6 Å². The Morgan fingerprint density at radius 1 is 1.04 bits per heavy atom. The molecule has 3 aliphatic rings. The van der Waals surface area contributed by atoms with Crippen LogP contribution < -0.4 is 5.32 Å². The van der Waals surface area contributed by atoms with Crippen molar-refractivity contribution >= 4 is 39.5 Å². The summed E-state index contributed by atoms with van der Waals surface area (Å²) in [5.74, 6) is 0.937. The third-order valence-electron chi connectivity index (χ3n) is 10.5. The first kappa shape index (κ1) is 31.4. The van der Waals surface area contributed by atoms with Crippen LogP contribution in [0.15, 0.2) is 53.8 Å². The van der Waals surface area contributed by atoms with Gasteiger partial charge in [-0.25, -0.2) is 4.79 Å². The van der Waals surface area contributed by atoms with Gasteiger partial charge in [0, 0.05) is 60.3 Å². The topological polar surface area (TPSA) is 114 Å². The summed E-state index contributed by atoms with van der Waals surface area (Å²) >= 11 is 1.68. The molecule has 4 aromatic rings. The zero-order chi connectivity index (χ0) is 32.9. The van der Waals surface area contributed by atoms with E-state index in [4.69, 9.17) is 0 Å². The maximum absolute atomic E-state index is 14.0. The van der Waals surface area contributed by atoms with Crippen LogP contribution in [0, 0.1) is 13.8 Å². The number of aliphatic imine (C=N–C) groups is 1. The van der Waals surface area contributed by atoms with E-state index in [1.807, 2.05) is 17.0 Å². The summed E-state index contributed by atoms with van der Waals surface area (Å²) in [6.45, 7) is 10.3. The number of hydrogen-bond acceptors (Lipinski definition) is 4. The Bertz CT molecular complexity index is 1800. The Balaban J connectivity index is 1.16.